The Morgan fingerprint density at radius 2 is 1.71 bits per heavy atom. The summed E-state index contributed by atoms with van der Waals surface area (Å²) in [6.07, 6.45) is 1.15. The predicted octanol–water partition coefficient (Wildman–Crippen LogP) is 3.52. The highest BCUT2D eigenvalue weighted by Gasteiger charge is 2.47. The van der Waals surface area contributed by atoms with Crippen molar-refractivity contribution in [3.63, 3.8) is 0 Å². The van der Waals surface area contributed by atoms with Gasteiger partial charge >= 0.3 is 12.1 Å². The number of carboxylic acid groups (broad SMARTS) is 1. The van der Waals surface area contributed by atoms with Crippen LogP contribution in [-0.2, 0) is 9.53 Å². The van der Waals surface area contributed by atoms with E-state index in [1.54, 1.807) is 18.7 Å². The molecule has 1 saturated heterocycles. The van der Waals surface area contributed by atoms with Gasteiger partial charge in [-0.05, 0) is 52.9 Å². The lowest BCUT2D eigenvalue weighted by Crippen LogP contribution is -2.58. The Hall–Kier alpha value is -1.26. The van der Waals surface area contributed by atoms with E-state index in [1.807, 2.05) is 20.8 Å². The number of carbonyl (C=O) groups is 2. The SMILES string of the molecule is CC1(C)CCC(C(C)(C)C(=O)O)N(C(=O)OC(C)(C)C)C1. The van der Waals surface area contributed by atoms with Crippen molar-refractivity contribution in [1.82, 2.24) is 4.90 Å². The summed E-state index contributed by atoms with van der Waals surface area (Å²) in [5.41, 5.74) is -1.61. The van der Waals surface area contributed by atoms with Gasteiger partial charge in [0.15, 0.2) is 0 Å². The van der Waals surface area contributed by atoms with Gasteiger partial charge in [0, 0.05) is 6.54 Å². The van der Waals surface area contributed by atoms with Gasteiger partial charge in [-0.25, -0.2) is 4.79 Å². The fourth-order valence-corrected chi connectivity index (χ4v) is 2.74. The number of piperidine rings is 1. The summed E-state index contributed by atoms with van der Waals surface area (Å²) in [6.45, 7) is 13.5. The second-order valence-electron chi connectivity index (χ2n) is 8.35. The third-order valence-corrected chi connectivity index (χ3v) is 4.08. The maximum Gasteiger partial charge on any atom is 0.410 e. The first-order valence-corrected chi connectivity index (χ1v) is 7.49. The maximum absolute atomic E-state index is 12.5. The molecule has 1 amide bonds. The average molecular weight is 299 g/mol. The van der Waals surface area contributed by atoms with E-state index in [9.17, 15) is 14.7 Å². The van der Waals surface area contributed by atoms with Crippen molar-refractivity contribution in [2.24, 2.45) is 10.8 Å². The number of likely N-dealkylation sites (tertiary alicyclic amines) is 1. The van der Waals surface area contributed by atoms with Crippen LogP contribution in [0.5, 0.6) is 0 Å². The first-order valence-electron chi connectivity index (χ1n) is 7.49. The quantitative estimate of drug-likeness (QED) is 0.847. The number of carbonyl (C=O) groups excluding carboxylic acids is 1. The number of aliphatic carboxylic acids is 1. The Labute approximate surface area is 127 Å². The fourth-order valence-electron chi connectivity index (χ4n) is 2.74. The maximum atomic E-state index is 12.5. The summed E-state index contributed by atoms with van der Waals surface area (Å²) >= 11 is 0. The van der Waals surface area contributed by atoms with Crippen LogP contribution in [0.1, 0.15) is 61.3 Å². The largest absolute Gasteiger partial charge is 0.481 e. The average Bonchev–Trinajstić information content (AvgIpc) is 2.24. The Balaban J connectivity index is 3.06. The summed E-state index contributed by atoms with van der Waals surface area (Å²) < 4.78 is 5.47. The molecule has 0 aromatic carbocycles. The van der Waals surface area contributed by atoms with Crippen LogP contribution in [0.25, 0.3) is 0 Å². The molecule has 1 unspecified atom stereocenters. The Bertz CT molecular complexity index is 420. The molecule has 5 heteroatoms. The summed E-state index contributed by atoms with van der Waals surface area (Å²) in [4.78, 5) is 25.7. The third-order valence-electron chi connectivity index (χ3n) is 4.08. The highest BCUT2D eigenvalue weighted by atomic mass is 16.6. The van der Waals surface area contributed by atoms with Crippen LogP contribution in [-0.4, -0.2) is 40.3 Å². The van der Waals surface area contributed by atoms with Crippen molar-refractivity contribution in [3.8, 4) is 0 Å². The minimum atomic E-state index is -0.993. The van der Waals surface area contributed by atoms with Crippen LogP contribution in [0, 0.1) is 10.8 Å². The molecule has 1 heterocycles. The molecule has 1 aliphatic rings. The van der Waals surface area contributed by atoms with Crippen molar-refractivity contribution >= 4 is 12.1 Å². The zero-order valence-corrected chi connectivity index (χ0v) is 14.3. The van der Waals surface area contributed by atoms with Crippen molar-refractivity contribution in [2.45, 2.75) is 73.0 Å². The van der Waals surface area contributed by atoms with E-state index in [0.29, 0.717) is 13.0 Å². The zero-order chi connectivity index (χ0) is 16.6. The van der Waals surface area contributed by atoms with Crippen LogP contribution in [0.4, 0.5) is 4.79 Å². The van der Waals surface area contributed by atoms with Gasteiger partial charge in [-0.3, -0.25) is 4.79 Å². The standard InChI is InChI=1S/C16H29NO4/c1-14(2,3)21-13(20)17-10-15(4,5)9-8-11(17)16(6,7)12(18)19/h11H,8-10H2,1-7H3,(H,18,19). The first kappa shape index (κ1) is 17.8. The number of hydrogen-bond donors (Lipinski definition) is 1. The molecule has 0 aromatic rings. The van der Waals surface area contributed by atoms with E-state index in [4.69, 9.17) is 4.74 Å². The molecule has 1 rings (SSSR count). The number of amides is 1. The number of hydrogen-bond acceptors (Lipinski definition) is 3. The van der Waals surface area contributed by atoms with Gasteiger partial charge in [0.1, 0.15) is 5.60 Å². The molecule has 0 saturated carbocycles. The van der Waals surface area contributed by atoms with Crippen molar-refractivity contribution in [2.75, 3.05) is 6.54 Å². The monoisotopic (exact) mass is 299 g/mol. The second-order valence-corrected chi connectivity index (χ2v) is 8.35. The molecule has 5 nitrogen and oxygen atoms in total. The van der Waals surface area contributed by atoms with E-state index < -0.39 is 23.1 Å². The Kier molecular flexibility index (Phi) is 4.66. The first-order chi connectivity index (χ1) is 9.26. The van der Waals surface area contributed by atoms with Crippen LogP contribution in [0.15, 0.2) is 0 Å². The Morgan fingerprint density at radius 3 is 2.14 bits per heavy atom. The van der Waals surface area contributed by atoms with E-state index >= 15 is 0 Å². The van der Waals surface area contributed by atoms with Gasteiger partial charge in [-0.1, -0.05) is 13.8 Å². The van der Waals surface area contributed by atoms with Gasteiger partial charge in [0.05, 0.1) is 11.5 Å². The van der Waals surface area contributed by atoms with Gasteiger partial charge in [0.25, 0.3) is 0 Å². The highest BCUT2D eigenvalue weighted by Crippen LogP contribution is 2.40. The molecule has 122 valence electrons. The summed E-state index contributed by atoms with van der Waals surface area (Å²) in [5, 5.41) is 9.48. The van der Waals surface area contributed by atoms with Gasteiger partial charge < -0.3 is 14.7 Å². The van der Waals surface area contributed by atoms with E-state index in [1.165, 1.54) is 0 Å². The molecular formula is C16H29NO4. The molecule has 21 heavy (non-hydrogen) atoms. The highest BCUT2D eigenvalue weighted by molar-refractivity contribution is 5.77. The van der Waals surface area contributed by atoms with E-state index in [2.05, 4.69) is 13.8 Å². The van der Waals surface area contributed by atoms with Gasteiger partial charge in [-0.15, -0.1) is 0 Å². The predicted molar refractivity (Wildman–Crippen MR) is 81.2 cm³/mol. The lowest BCUT2D eigenvalue weighted by molar-refractivity contribution is -0.152. The van der Waals surface area contributed by atoms with E-state index in [0.717, 1.165) is 6.42 Å². The summed E-state index contributed by atoms with van der Waals surface area (Å²) in [5.74, 6) is -0.888. The third kappa shape index (κ3) is 4.35. The smallest absolute Gasteiger partial charge is 0.410 e. The van der Waals surface area contributed by atoms with Crippen LogP contribution in [0.2, 0.25) is 0 Å². The number of nitrogens with zero attached hydrogens (tertiary/aromatic N) is 1. The summed E-state index contributed by atoms with van der Waals surface area (Å²) in [7, 11) is 0. The molecular weight excluding hydrogens is 270 g/mol. The minimum absolute atomic E-state index is 0.0258. The Morgan fingerprint density at radius 1 is 1.19 bits per heavy atom. The topological polar surface area (TPSA) is 66.8 Å². The molecule has 1 atom stereocenters. The molecule has 0 radical (unpaired) electrons. The fraction of sp³-hybridized carbons (Fsp3) is 0.875. The van der Waals surface area contributed by atoms with Crippen molar-refractivity contribution < 1.29 is 19.4 Å². The lowest BCUT2D eigenvalue weighted by atomic mass is 9.73. The minimum Gasteiger partial charge on any atom is -0.481 e. The molecule has 1 aliphatic heterocycles. The lowest BCUT2D eigenvalue weighted by Gasteiger charge is -2.48. The molecule has 0 spiro atoms. The molecule has 1 N–H and O–H groups in total. The van der Waals surface area contributed by atoms with E-state index in [-0.39, 0.29) is 11.5 Å². The van der Waals surface area contributed by atoms with Crippen LogP contribution >= 0.6 is 0 Å². The summed E-state index contributed by atoms with van der Waals surface area (Å²) in [6, 6.07) is -0.349. The molecule has 1 fully saturated rings. The van der Waals surface area contributed by atoms with Gasteiger partial charge in [0.2, 0.25) is 0 Å². The molecule has 0 bridgehead atoms. The van der Waals surface area contributed by atoms with Gasteiger partial charge in [-0.2, -0.15) is 0 Å². The van der Waals surface area contributed by atoms with Crippen molar-refractivity contribution in [3.05, 3.63) is 0 Å². The normalized spacial score (nSPS) is 22.8. The second kappa shape index (κ2) is 5.50. The van der Waals surface area contributed by atoms with Crippen LogP contribution < -0.4 is 0 Å². The van der Waals surface area contributed by atoms with Crippen molar-refractivity contribution in [1.29, 1.82) is 0 Å². The van der Waals surface area contributed by atoms with Crippen LogP contribution in [0.3, 0.4) is 0 Å². The number of ether oxygens (including phenoxy) is 1. The molecule has 0 aliphatic carbocycles. The number of rotatable bonds is 2. The zero-order valence-electron chi connectivity index (χ0n) is 14.3. The number of carboxylic acids is 1. The molecule has 0 aromatic heterocycles.